The molecule has 6 heteroatoms. The van der Waals surface area contributed by atoms with E-state index in [4.69, 9.17) is 0 Å². The number of nitrogens with one attached hydrogen (secondary N) is 2. The third-order valence-corrected chi connectivity index (χ3v) is 6.21. The Hall–Kier alpha value is -3.25. The smallest absolute Gasteiger partial charge is 0.251 e. The Morgan fingerprint density at radius 1 is 1.12 bits per heavy atom. The number of aryl methyl sites for hydroxylation is 1. The van der Waals surface area contributed by atoms with Gasteiger partial charge in [-0.15, -0.1) is 0 Å². The van der Waals surface area contributed by atoms with Crippen LogP contribution in [0.2, 0.25) is 0 Å². The van der Waals surface area contributed by atoms with Crippen molar-refractivity contribution in [2.45, 2.75) is 45.6 Å². The van der Waals surface area contributed by atoms with Gasteiger partial charge in [-0.1, -0.05) is 42.3 Å². The average molecular weight is 444 g/mol. The Balaban J connectivity index is 1.32. The third-order valence-electron chi connectivity index (χ3n) is 6.21. The maximum absolute atomic E-state index is 12.7. The number of amides is 1. The molecule has 0 saturated carbocycles. The number of hydrogen-bond acceptors (Lipinski definition) is 5. The molecule has 172 valence electrons. The monoisotopic (exact) mass is 443 g/mol. The Morgan fingerprint density at radius 2 is 1.97 bits per heavy atom. The van der Waals surface area contributed by atoms with Crippen LogP contribution in [0.4, 0.5) is 11.5 Å². The molecule has 2 aromatic carbocycles. The minimum absolute atomic E-state index is 0.0478. The van der Waals surface area contributed by atoms with Crippen LogP contribution in [0.3, 0.4) is 0 Å². The molecule has 1 fully saturated rings. The highest BCUT2D eigenvalue weighted by Crippen LogP contribution is 2.20. The molecule has 1 amide bonds. The van der Waals surface area contributed by atoms with Crippen molar-refractivity contribution < 1.29 is 4.79 Å². The van der Waals surface area contributed by atoms with Crippen molar-refractivity contribution >= 4 is 17.4 Å². The molecule has 3 aromatic rings. The molecule has 1 aromatic heterocycles. The van der Waals surface area contributed by atoms with E-state index >= 15 is 0 Å². The van der Waals surface area contributed by atoms with Gasteiger partial charge in [0.1, 0.15) is 5.82 Å². The average Bonchev–Trinajstić information content (AvgIpc) is 2.83. The first-order valence-electron chi connectivity index (χ1n) is 11.9. The molecule has 1 atom stereocenters. The Bertz CT molecular complexity index is 1070. The summed E-state index contributed by atoms with van der Waals surface area (Å²) in [5.41, 5.74) is 3.62. The van der Waals surface area contributed by atoms with E-state index in [2.05, 4.69) is 39.3 Å². The zero-order valence-corrected chi connectivity index (χ0v) is 19.6. The Labute approximate surface area is 196 Å². The highest BCUT2D eigenvalue weighted by molar-refractivity contribution is 5.95. The summed E-state index contributed by atoms with van der Waals surface area (Å²) in [6.07, 6.45) is 6.61. The van der Waals surface area contributed by atoms with Crippen molar-refractivity contribution in [3.8, 4) is 11.4 Å². The lowest BCUT2D eigenvalue weighted by molar-refractivity contribution is 0.0949. The second-order valence-corrected chi connectivity index (χ2v) is 8.83. The summed E-state index contributed by atoms with van der Waals surface area (Å²) >= 11 is 0. The molecule has 0 spiro atoms. The zero-order valence-electron chi connectivity index (χ0n) is 19.6. The number of nitrogens with zero attached hydrogens (tertiary/aromatic N) is 3. The van der Waals surface area contributed by atoms with Crippen molar-refractivity contribution in [1.29, 1.82) is 0 Å². The minimum atomic E-state index is -0.0478. The van der Waals surface area contributed by atoms with Crippen LogP contribution in [-0.2, 0) is 0 Å². The molecule has 0 bridgehead atoms. The highest BCUT2D eigenvalue weighted by atomic mass is 16.1. The number of carbonyl (C=O) groups is 1. The zero-order chi connectivity index (χ0) is 23.0. The van der Waals surface area contributed by atoms with Crippen LogP contribution < -0.4 is 10.6 Å². The molecule has 0 unspecified atom stereocenters. The van der Waals surface area contributed by atoms with Crippen LogP contribution in [0.5, 0.6) is 0 Å². The normalized spacial score (nSPS) is 16.4. The highest BCUT2D eigenvalue weighted by Gasteiger charge is 2.17. The van der Waals surface area contributed by atoms with Gasteiger partial charge in [0.15, 0.2) is 5.82 Å². The molecule has 0 radical (unpaired) electrons. The number of rotatable bonds is 8. The molecule has 33 heavy (non-hydrogen) atoms. The number of hydrogen-bond donors (Lipinski definition) is 2. The first kappa shape index (κ1) is 22.9. The summed E-state index contributed by atoms with van der Waals surface area (Å²) in [5, 5.41) is 6.36. The first-order chi connectivity index (χ1) is 16.1. The van der Waals surface area contributed by atoms with Crippen LogP contribution in [0.1, 0.15) is 48.5 Å². The van der Waals surface area contributed by atoms with Crippen molar-refractivity contribution in [2.24, 2.45) is 0 Å². The quantitative estimate of drug-likeness (QED) is 0.469. The molecule has 0 aliphatic carbocycles. The summed E-state index contributed by atoms with van der Waals surface area (Å²) in [7, 11) is 0. The molecule has 1 saturated heterocycles. The number of likely N-dealkylation sites (tertiary alicyclic amines) is 1. The lowest BCUT2D eigenvalue weighted by Gasteiger charge is -2.33. The van der Waals surface area contributed by atoms with Gasteiger partial charge in [-0.25, -0.2) is 9.97 Å². The van der Waals surface area contributed by atoms with Gasteiger partial charge in [0.05, 0.1) is 0 Å². The number of anilines is 2. The maximum Gasteiger partial charge on any atom is 0.251 e. The summed E-state index contributed by atoms with van der Waals surface area (Å²) in [6.45, 7) is 7.27. The van der Waals surface area contributed by atoms with E-state index in [1.165, 1.54) is 31.4 Å². The lowest BCUT2D eigenvalue weighted by Crippen LogP contribution is -2.39. The van der Waals surface area contributed by atoms with Crippen LogP contribution in [0.15, 0.2) is 60.8 Å². The standard InChI is InChI=1S/C27H33N5O/c1-20-10-12-22(13-11-20)26-28-16-14-25(31-26)30-24-9-5-8-23(19-24)27(33)29-15-6-18-32-17-4-3-7-21(32)2/h5,8-14,16,19,21H,3-4,6-7,15,17-18H2,1-2H3,(H,29,33)(H,28,30,31)/t21-/m1/s1. The fourth-order valence-electron chi connectivity index (χ4n) is 4.23. The second kappa shape index (κ2) is 11.1. The summed E-state index contributed by atoms with van der Waals surface area (Å²) < 4.78 is 0. The predicted octanol–water partition coefficient (Wildman–Crippen LogP) is 5.19. The van der Waals surface area contributed by atoms with Crippen molar-refractivity contribution in [3.05, 3.63) is 71.9 Å². The van der Waals surface area contributed by atoms with Gasteiger partial charge in [0, 0.05) is 42.1 Å². The number of aromatic nitrogens is 2. The van der Waals surface area contributed by atoms with Crippen LogP contribution >= 0.6 is 0 Å². The predicted molar refractivity (Wildman–Crippen MR) is 134 cm³/mol. The van der Waals surface area contributed by atoms with Crippen molar-refractivity contribution in [1.82, 2.24) is 20.2 Å². The molecule has 1 aliphatic heterocycles. The first-order valence-corrected chi connectivity index (χ1v) is 11.9. The SMILES string of the molecule is Cc1ccc(-c2nccc(Nc3cccc(C(=O)NCCCN4CCCC[C@H]4C)c3)n2)cc1. The van der Waals surface area contributed by atoms with Crippen molar-refractivity contribution in [3.63, 3.8) is 0 Å². The van der Waals surface area contributed by atoms with E-state index < -0.39 is 0 Å². The fourth-order valence-corrected chi connectivity index (χ4v) is 4.23. The third kappa shape index (κ3) is 6.39. The number of carbonyl (C=O) groups excluding carboxylic acids is 1. The van der Waals surface area contributed by atoms with E-state index in [-0.39, 0.29) is 5.91 Å². The van der Waals surface area contributed by atoms with Gasteiger partial charge in [0.25, 0.3) is 5.91 Å². The maximum atomic E-state index is 12.7. The van der Waals surface area contributed by atoms with Crippen molar-refractivity contribution in [2.75, 3.05) is 25.0 Å². The van der Waals surface area contributed by atoms with Crippen LogP contribution in [0, 0.1) is 6.92 Å². The summed E-state index contributed by atoms with van der Waals surface area (Å²) in [4.78, 5) is 24.2. The number of piperidine rings is 1. The summed E-state index contributed by atoms with van der Waals surface area (Å²) in [5.74, 6) is 1.30. The van der Waals surface area contributed by atoms with E-state index in [1.54, 1.807) is 6.20 Å². The molecule has 1 aliphatic rings. The second-order valence-electron chi connectivity index (χ2n) is 8.83. The summed E-state index contributed by atoms with van der Waals surface area (Å²) in [6, 6.07) is 18.1. The van der Waals surface area contributed by atoms with E-state index in [1.807, 2.05) is 54.6 Å². The van der Waals surface area contributed by atoms with E-state index in [0.29, 0.717) is 29.8 Å². The minimum Gasteiger partial charge on any atom is -0.352 e. The van der Waals surface area contributed by atoms with Gasteiger partial charge in [-0.3, -0.25) is 4.79 Å². The van der Waals surface area contributed by atoms with E-state index in [9.17, 15) is 4.79 Å². The molecule has 6 nitrogen and oxygen atoms in total. The fraction of sp³-hybridized carbons (Fsp3) is 0.370. The Kier molecular flexibility index (Phi) is 7.68. The van der Waals surface area contributed by atoms with Crippen LogP contribution in [-0.4, -0.2) is 46.5 Å². The molecular weight excluding hydrogens is 410 g/mol. The van der Waals surface area contributed by atoms with E-state index in [0.717, 1.165) is 24.2 Å². The van der Waals surface area contributed by atoms with Gasteiger partial charge in [0.2, 0.25) is 0 Å². The van der Waals surface area contributed by atoms with Gasteiger partial charge >= 0.3 is 0 Å². The molecule has 2 heterocycles. The Morgan fingerprint density at radius 3 is 2.79 bits per heavy atom. The van der Waals surface area contributed by atoms with Gasteiger partial charge in [-0.2, -0.15) is 0 Å². The van der Waals surface area contributed by atoms with Gasteiger partial charge in [-0.05, 0) is 63.9 Å². The topological polar surface area (TPSA) is 70.2 Å². The van der Waals surface area contributed by atoms with Gasteiger partial charge < -0.3 is 15.5 Å². The van der Waals surface area contributed by atoms with Crippen LogP contribution in [0.25, 0.3) is 11.4 Å². The lowest BCUT2D eigenvalue weighted by atomic mass is 10.0. The molecule has 2 N–H and O–H groups in total. The largest absolute Gasteiger partial charge is 0.352 e. The molecule has 4 rings (SSSR count). The molecular formula is C27H33N5O. The number of benzene rings is 2.